The minimum atomic E-state index is -4.18. The molecule has 1 aromatic heterocycles. The Kier molecular flexibility index (Phi) is 3.51. The number of nitrogens with one attached hydrogen (secondary N) is 1. The van der Waals surface area contributed by atoms with E-state index >= 15 is 0 Å². The Morgan fingerprint density at radius 3 is 2.79 bits per heavy atom. The normalized spacial score (nSPS) is 12.0. The second kappa shape index (κ2) is 4.45. The molecule has 3 nitrogen and oxygen atoms in total. The second-order valence-corrected chi connectivity index (χ2v) is 2.93. The number of imidazole rings is 1. The van der Waals surface area contributed by atoms with Crippen molar-refractivity contribution in [3.63, 3.8) is 0 Å². The van der Waals surface area contributed by atoms with Crippen LogP contribution in [0.4, 0.5) is 13.2 Å². The highest BCUT2D eigenvalue weighted by Crippen LogP contribution is 2.17. The van der Waals surface area contributed by atoms with E-state index in [1.54, 1.807) is 0 Å². The fourth-order valence-corrected chi connectivity index (χ4v) is 1.04. The Morgan fingerprint density at radius 2 is 2.21 bits per heavy atom. The highest BCUT2D eigenvalue weighted by Gasteiger charge is 2.27. The Bertz CT molecular complexity index is 280. The molecule has 0 fully saturated rings. The van der Waals surface area contributed by atoms with Crippen LogP contribution in [0.15, 0.2) is 12.5 Å². The average Bonchev–Trinajstić information content (AvgIpc) is 2.46. The molecule has 1 N–H and O–H groups in total. The van der Waals surface area contributed by atoms with Gasteiger partial charge in [-0.15, -0.1) is 0 Å². The molecule has 0 bridgehead atoms. The van der Waals surface area contributed by atoms with Crippen LogP contribution >= 0.6 is 0 Å². The van der Waals surface area contributed by atoms with Crippen molar-refractivity contribution in [1.82, 2.24) is 14.9 Å². The Morgan fingerprint density at radius 1 is 1.50 bits per heavy atom. The molecule has 0 aliphatic heterocycles. The number of hydrogen-bond donors (Lipinski definition) is 1. The fourth-order valence-electron chi connectivity index (χ4n) is 1.04. The topological polar surface area (TPSA) is 29.9 Å². The van der Waals surface area contributed by atoms with Crippen LogP contribution < -0.4 is 5.32 Å². The summed E-state index contributed by atoms with van der Waals surface area (Å²) in [5.41, 5.74) is 0.621. The van der Waals surface area contributed by atoms with E-state index in [2.05, 4.69) is 10.3 Å². The van der Waals surface area contributed by atoms with Crippen molar-refractivity contribution in [2.45, 2.75) is 26.2 Å². The molecule has 80 valence electrons. The van der Waals surface area contributed by atoms with E-state index < -0.39 is 12.7 Å². The SMILES string of the molecule is CCNCc1cn(CC(F)(F)F)cn1. The molecular weight excluding hydrogens is 195 g/mol. The molecule has 1 rings (SSSR count). The number of hydrogen-bond acceptors (Lipinski definition) is 2. The molecule has 0 saturated carbocycles. The van der Waals surface area contributed by atoms with Crippen LogP contribution in [-0.4, -0.2) is 22.3 Å². The predicted octanol–water partition coefficient (Wildman–Crippen LogP) is 1.55. The van der Waals surface area contributed by atoms with Gasteiger partial charge in [-0.25, -0.2) is 4.98 Å². The molecule has 0 spiro atoms. The predicted molar refractivity (Wildman–Crippen MR) is 45.7 cm³/mol. The quantitative estimate of drug-likeness (QED) is 0.811. The van der Waals surface area contributed by atoms with Crippen LogP contribution in [0, 0.1) is 0 Å². The van der Waals surface area contributed by atoms with Gasteiger partial charge in [-0.05, 0) is 6.54 Å². The second-order valence-electron chi connectivity index (χ2n) is 2.93. The van der Waals surface area contributed by atoms with Crippen molar-refractivity contribution in [2.24, 2.45) is 0 Å². The fraction of sp³-hybridized carbons (Fsp3) is 0.625. The van der Waals surface area contributed by atoms with Crippen LogP contribution in [-0.2, 0) is 13.1 Å². The summed E-state index contributed by atoms with van der Waals surface area (Å²) in [4.78, 5) is 3.84. The summed E-state index contributed by atoms with van der Waals surface area (Å²) >= 11 is 0. The van der Waals surface area contributed by atoms with Gasteiger partial charge in [-0.3, -0.25) is 0 Å². The summed E-state index contributed by atoms with van der Waals surface area (Å²) < 4.78 is 36.8. The zero-order valence-electron chi connectivity index (χ0n) is 7.80. The summed E-state index contributed by atoms with van der Waals surface area (Å²) in [6, 6.07) is 0. The molecule has 0 aromatic carbocycles. The minimum Gasteiger partial charge on any atom is -0.328 e. The van der Waals surface area contributed by atoms with E-state index in [-0.39, 0.29) is 0 Å². The molecule has 0 aliphatic carbocycles. The lowest BCUT2D eigenvalue weighted by molar-refractivity contribution is -0.140. The Balaban J connectivity index is 2.51. The Hall–Kier alpha value is -1.04. The van der Waals surface area contributed by atoms with E-state index in [0.717, 1.165) is 11.1 Å². The molecule has 1 aromatic rings. The van der Waals surface area contributed by atoms with Gasteiger partial charge in [0.2, 0.25) is 0 Å². The van der Waals surface area contributed by atoms with Gasteiger partial charge in [-0.2, -0.15) is 13.2 Å². The summed E-state index contributed by atoms with van der Waals surface area (Å²) in [5.74, 6) is 0. The number of rotatable bonds is 4. The van der Waals surface area contributed by atoms with Gasteiger partial charge in [0.15, 0.2) is 0 Å². The van der Waals surface area contributed by atoms with Gasteiger partial charge in [0.25, 0.3) is 0 Å². The lowest BCUT2D eigenvalue weighted by Crippen LogP contribution is -2.16. The molecule has 0 saturated heterocycles. The van der Waals surface area contributed by atoms with Gasteiger partial charge in [-0.1, -0.05) is 6.92 Å². The molecule has 0 amide bonds. The van der Waals surface area contributed by atoms with Gasteiger partial charge < -0.3 is 9.88 Å². The molecule has 0 unspecified atom stereocenters. The number of aromatic nitrogens is 2. The third-order valence-corrected chi connectivity index (χ3v) is 1.60. The largest absolute Gasteiger partial charge is 0.406 e. The maximum absolute atomic E-state index is 11.9. The van der Waals surface area contributed by atoms with Crippen LogP contribution in [0.1, 0.15) is 12.6 Å². The molecule has 0 aliphatic rings. The first kappa shape index (κ1) is 11.0. The van der Waals surface area contributed by atoms with Crippen LogP contribution in [0.25, 0.3) is 0 Å². The summed E-state index contributed by atoms with van der Waals surface area (Å²) in [7, 11) is 0. The maximum Gasteiger partial charge on any atom is 0.406 e. The lowest BCUT2D eigenvalue weighted by Gasteiger charge is -2.05. The first-order chi connectivity index (χ1) is 6.51. The zero-order chi connectivity index (χ0) is 10.6. The number of nitrogens with zero attached hydrogens (tertiary/aromatic N) is 2. The van der Waals surface area contributed by atoms with Crippen molar-refractivity contribution in [2.75, 3.05) is 6.54 Å². The van der Waals surface area contributed by atoms with Gasteiger partial charge in [0.05, 0.1) is 12.0 Å². The molecule has 0 radical (unpaired) electrons. The number of halogens is 3. The van der Waals surface area contributed by atoms with E-state index in [1.165, 1.54) is 12.5 Å². The minimum absolute atomic E-state index is 0.501. The van der Waals surface area contributed by atoms with Crippen molar-refractivity contribution in [3.8, 4) is 0 Å². The molecule has 0 atom stereocenters. The van der Waals surface area contributed by atoms with Crippen molar-refractivity contribution >= 4 is 0 Å². The van der Waals surface area contributed by atoms with Crippen LogP contribution in [0.3, 0.4) is 0 Å². The summed E-state index contributed by atoms with van der Waals surface area (Å²) in [6.45, 7) is 2.21. The average molecular weight is 207 g/mol. The summed E-state index contributed by atoms with van der Waals surface area (Å²) in [5, 5.41) is 2.98. The van der Waals surface area contributed by atoms with Crippen LogP contribution in [0.5, 0.6) is 0 Å². The van der Waals surface area contributed by atoms with Crippen molar-refractivity contribution in [3.05, 3.63) is 18.2 Å². The first-order valence-corrected chi connectivity index (χ1v) is 4.29. The summed E-state index contributed by atoms with van der Waals surface area (Å²) in [6.07, 6.45) is -1.59. The molecule has 14 heavy (non-hydrogen) atoms. The smallest absolute Gasteiger partial charge is 0.328 e. The highest BCUT2D eigenvalue weighted by molar-refractivity contribution is 4.96. The van der Waals surface area contributed by atoms with E-state index in [9.17, 15) is 13.2 Å². The zero-order valence-corrected chi connectivity index (χ0v) is 7.80. The van der Waals surface area contributed by atoms with Crippen LogP contribution in [0.2, 0.25) is 0 Å². The number of alkyl halides is 3. The first-order valence-electron chi connectivity index (χ1n) is 4.29. The monoisotopic (exact) mass is 207 g/mol. The lowest BCUT2D eigenvalue weighted by atomic mass is 10.4. The van der Waals surface area contributed by atoms with Gasteiger partial charge in [0, 0.05) is 12.7 Å². The Labute approximate surface area is 79.9 Å². The van der Waals surface area contributed by atoms with Gasteiger partial charge >= 0.3 is 6.18 Å². The van der Waals surface area contributed by atoms with E-state index in [1.807, 2.05) is 6.92 Å². The molecule has 1 heterocycles. The third-order valence-electron chi connectivity index (χ3n) is 1.60. The molecule has 6 heteroatoms. The van der Waals surface area contributed by atoms with Crippen molar-refractivity contribution < 1.29 is 13.2 Å². The molecular formula is C8H12F3N3. The maximum atomic E-state index is 11.9. The van der Waals surface area contributed by atoms with E-state index in [4.69, 9.17) is 0 Å². The van der Waals surface area contributed by atoms with E-state index in [0.29, 0.717) is 12.2 Å². The standard InChI is InChI=1S/C8H12F3N3/c1-2-12-3-7-4-14(6-13-7)5-8(9,10)11/h4,6,12H,2-3,5H2,1H3. The van der Waals surface area contributed by atoms with Gasteiger partial charge in [0.1, 0.15) is 6.54 Å². The van der Waals surface area contributed by atoms with Crippen molar-refractivity contribution in [1.29, 1.82) is 0 Å². The third kappa shape index (κ3) is 3.78. The highest BCUT2D eigenvalue weighted by atomic mass is 19.4.